The second-order valence-corrected chi connectivity index (χ2v) is 7.56. The number of amides is 1. The molecule has 4 nitrogen and oxygen atoms in total. The molecule has 1 unspecified atom stereocenters. The topological polar surface area (TPSA) is 41.6 Å². The van der Waals surface area contributed by atoms with Crippen molar-refractivity contribution in [1.82, 2.24) is 10.2 Å². The van der Waals surface area contributed by atoms with Gasteiger partial charge in [-0.05, 0) is 26.2 Å². The van der Waals surface area contributed by atoms with Crippen LogP contribution >= 0.6 is 11.8 Å². The van der Waals surface area contributed by atoms with E-state index >= 15 is 0 Å². The van der Waals surface area contributed by atoms with E-state index in [0.717, 1.165) is 26.1 Å². The van der Waals surface area contributed by atoms with E-state index in [1.807, 2.05) is 24.8 Å². The molecule has 0 aromatic heterocycles. The maximum absolute atomic E-state index is 12.2. The second-order valence-electron chi connectivity index (χ2n) is 6.34. The largest absolute Gasteiger partial charge is 0.368 e. The van der Waals surface area contributed by atoms with E-state index in [0.29, 0.717) is 6.61 Å². The number of carbonyl (C=O) groups excluding carboxylic acids is 1. The van der Waals surface area contributed by atoms with Crippen LogP contribution < -0.4 is 5.32 Å². The van der Waals surface area contributed by atoms with Crippen molar-refractivity contribution in [2.75, 3.05) is 37.7 Å². The Bertz CT molecular complexity index is 364. The first-order chi connectivity index (χ1) is 10.7. The molecule has 0 radical (unpaired) electrons. The number of thioether (sulfide) groups is 1. The summed E-state index contributed by atoms with van der Waals surface area (Å²) >= 11 is 2.04. The lowest BCUT2D eigenvalue weighted by Crippen LogP contribution is -2.57. The predicted octanol–water partition coefficient (Wildman–Crippen LogP) is 2.45. The first kappa shape index (κ1) is 17.8. The highest BCUT2D eigenvalue weighted by molar-refractivity contribution is 7.99. The second kappa shape index (κ2) is 8.94. The van der Waals surface area contributed by atoms with Crippen molar-refractivity contribution in [2.45, 2.75) is 50.7 Å². The van der Waals surface area contributed by atoms with Gasteiger partial charge in [-0.2, -0.15) is 11.8 Å². The molecule has 1 aliphatic carbocycles. The summed E-state index contributed by atoms with van der Waals surface area (Å²) < 4.78 is 5.54. The molecule has 126 valence electrons. The van der Waals surface area contributed by atoms with Crippen molar-refractivity contribution in [1.29, 1.82) is 0 Å². The van der Waals surface area contributed by atoms with Gasteiger partial charge in [-0.15, -0.1) is 6.58 Å². The number of hydrogen-bond acceptors (Lipinski definition) is 4. The number of nitrogens with one attached hydrogen (secondary N) is 1. The van der Waals surface area contributed by atoms with E-state index in [1.54, 1.807) is 0 Å². The van der Waals surface area contributed by atoms with Gasteiger partial charge in [0.05, 0.1) is 6.61 Å². The van der Waals surface area contributed by atoms with Crippen LogP contribution in [0.2, 0.25) is 0 Å². The maximum atomic E-state index is 12.2. The monoisotopic (exact) mass is 326 g/mol. The molecular formula is C17H30N2O2S. The minimum absolute atomic E-state index is 0.0155. The summed E-state index contributed by atoms with van der Waals surface area (Å²) in [6, 6.07) is 0. The quantitative estimate of drug-likeness (QED) is 0.549. The molecule has 0 aromatic rings. The van der Waals surface area contributed by atoms with Gasteiger partial charge in [0.1, 0.15) is 6.10 Å². The van der Waals surface area contributed by atoms with Crippen molar-refractivity contribution in [3.63, 3.8) is 0 Å². The molecule has 2 rings (SSSR count). The Morgan fingerprint density at radius 1 is 1.41 bits per heavy atom. The standard InChI is InChI=1S/C17H30N2O2S/c1-3-4-11-21-15(2)16(20)18-14-17(7-5-6-8-17)19-9-12-22-13-10-19/h3,15H,1,4-14H2,2H3,(H,18,20). The summed E-state index contributed by atoms with van der Waals surface area (Å²) in [4.78, 5) is 14.9. The Morgan fingerprint density at radius 3 is 2.73 bits per heavy atom. The van der Waals surface area contributed by atoms with E-state index in [2.05, 4.69) is 16.8 Å². The molecule has 1 saturated heterocycles. The van der Waals surface area contributed by atoms with Crippen LogP contribution in [0.25, 0.3) is 0 Å². The van der Waals surface area contributed by atoms with Crippen LogP contribution in [-0.4, -0.2) is 60.2 Å². The van der Waals surface area contributed by atoms with Crippen LogP contribution in [0, 0.1) is 0 Å². The van der Waals surface area contributed by atoms with Gasteiger partial charge in [-0.1, -0.05) is 18.9 Å². The molecule has 0 bridgehead atoms. The van der Waals surface area contributed by atoms with E-state index < -0.39 is 0 Å². The fraction of sp³-hybridized carbons (Fsp3) is 0.824. The van der Waals surface area contributed by atoms with E-state index in [-0.39, 0.29) is 17.6 Å². The van der Waals surface area contributed by atoms with Crippen LogP contribution in [0.1, 0.15) is 39.0 Å². The molecule has 0 spiro atoms. The minimum Gasteiger partial charge on any atom is -0.368 e. The molecule has 2 aliphatic rings. The summed E-state index contributed by atoms with van der Waals surface area (Å²) in [5.41, 5.74) is 0.192. The summed E-state index contributed by atoms with van der Waals surface area (Å²) in [6.45, 7) is 9.14. The van der Waals surface area contributed by atoms with Gasteiger partial charge in [0.15, 0.2) is 0 Å². The normalized spacial score (nSPS) is 23.1. The van der Waals surface area contributed by atoms with E-state index in [4.69, 9.17) is 4.74 Å². The third-order valence-corrected chi connectivity index (χ3v) is 5.81. The number of ether oxygens (including phenoxy) is 1. The first-order valence-corrected chi connectivity index (χ1v) is 9.66. The average molecular weight is 327 g/mol. The van der Waals surface area contributed by atoms with Crippen molar-refractivity contribution < 1.29 is 9.53 Å². The zero-order valence-electron chi connectivity index (χ0n) is 13.8. The van der Waals surface area contributed by atoms with Crippen LogP contribution in [0.5, 0.6) is 0 Å². The highest BCUT2D eigenvalue weighted by Gasteiger charge is 2.40. The molecule has 1 saturated carbocycles. The molecule has 0 aromatic carbocycles. The zero-order chi connectivity index (χ0) is 15.8. The summed E-state index contributed by atoms with van der Waals surface area (Å²) in [5.74, 6) is 2.45. The van der Waals surface area contributed by atoms with Crippen molar-refractivity contribution >= 4 is 17.7 Å². The van der Waals surface area contributed by atoms with Gasteiger partial charge in [-0.3, -0.25) is 9.69 Å². The first-order valence-electron chi connectivity index (χ1n) is 8.51. The Labute approximate surface area is 139 Å². The summed E-state index contributed by atoms with van der Waals surface area (Å²) in [6.07, 6.45) is 7.21. The lowest BCUT2D eigenvalue weighted by molar-refractivity contribution is -0.132. The third kappa shape index (κ3) is 4.74. The molecule has 2 fully saturated rings. The number of carbonyl (C=O) groups is 1. The number of rotatable bonds is 8. The van der Waals surface area contributed by atoms with Crippen LogP contribution in [0.3, 0.4) is 0 Å². The highest BCUT2D eigenvalue weighted by Crippen LogP contribution is 2.36. The molecule has 1 amide bonds. The van der Waals surface area contributed by atoms with Crippen molar-refractivity contribution in [3.05, 3.63) is 12.7 Å². The van der Waals surface area contributed by atoms with Gasteiger partial charge >= 0.3 is 0 Å². The summed E-state index contributed by atoms with van der Waals surface area (Å²) in [7, 11) is 0. The van der Waals surface area contributed by atoms with Gasteiger partial charge in [-0.25, -0.2) is 0 Å². The third-order valence-electron chi connectivity index (χ3n) is 4.87. The van der Waals surface area contributed by atoms with Crippen LogP contribution in [0.15, 0.2) is 12.7 Å². The molecule has 5 heteroatoms. The van der Waals surface area contributed by atoms with Crippen molar-refractivity contribution in [2.24, 2.45) is 0 Å². The lowest BCUT2D eigenvalue weighted by Gasteiger charge is -2.43. The fourth-order valence-electron chi connectivity index (χ4n) is 3.47. The van der Waals surface area contributed by atoms with E-state index in [9.17, 15) is 4.79 Å². The summed E-state index contributed by atoms with van der Waals surface area (Å²) in [5, 5.41) is 3.15. The van der Waals surface area contributed by atoms with Gasteiger partial charge in [0.25, 0.3) is 0 Å². The van der Waals surface area contributed by atoms with Crippen LogP contribution in [0.4, 0.5) is 0 Å². The molecule has 1 atom stereocenters. The van der Waals surface area contributed by atoms with Crippen LogP contribution in [-0.2, 0) is 9.53 Å². The minimum atomic E-state index is -0.379. The molecule has 1 heterocycles. The Hall–Kier alpha value is -0.520. The van der Waals surface area contributed by atoms with Crippen molar-refractivity contribution in [3.8, 4) is 0 Å². The predicted molar refractivity (Wildman–Crippen MR) is 93.3 cm³/mol. The number of hydrogen-bond donors (Lipinski definition) is 1. The lowest BCUT2D eigenvalue weighted by atomic mass is 9.94. The Balaban J connectivity index is 1.83. The Morgan fingerprint density at radius 2 is 2.09 bits per heavy atom. The Kier molecular flexibility index (Phi) is 7.25. The average Bonchev–Trinajstić information content (AvgIpc) is 3.04. The SMILES string of the molecule is C=CCCOC(C)C(=O)NCC1(N2CCSCC2)CCCC1. The molecule has 1 aliphatic heterocycles. The molecular weight excluding hydrogens is 296 g/mol. The molecule has 1 N–H and O–H groups in total. The molecule has 22 heavy (non-hydrogen) atoms. The van der Waals surface area contributed by atoms with Gasteiger partial charge < -0.3 is 10.1 Å². The number of nitrogens with zero attached hydrogens (tertiary/aromatic N) is 1. The maximum Gasteiger partial charge on any atom is 0.248 e. The van der Waals surface area contributed by atoms with Gasteiger partial charge in [0, 0.05) is 36.7 Å². The smallest absolute Gasteiger partial charge is 0.248 e. The highest BCUT2D eigenvalue weighted by atomic mass is 32.2. The zero-order valence-corrected chi connectivity index (χ0v) is 14.6. The fourth-order valence-corrected chi connectivity index (χ4v) is 4.38. The van der Waals surface area contributed by atoms with Gasteiger partial charge in [0.2, 0.25) is 5.91 Å². The van der Waals surface area contributed by atoms with E-state index in [1.165, 1.54) is 37.2 Å².